The Morgan fingerprint density at radius 1 is 1.11 bits per heavy atom. The van der Waals surface area contributed by atoms with Gasteiger partial charge in [0.15, 0.2) is 0 Å². The fourth-order valence-electron chi connectivity index (χ4n) is 2.34. The largest absolute Gasteiger partial charge is 0.497 e. The molecule has 3 rings (SSSR count). The monoisotopic (exact) mass is 252 g/mol. The summed E-state index contributed by atoms with van der Waals surface area (Å²) in [7, 11) is 3.71. The number of nitrogens with zero attached hydrogens (tertiary/aromatic N) is 2. The van der Waals surface area contributed by atoms with E-state index in [0.717, 1.165) is 28.2 Å². The van der Waals surface area contributed by atoms with Gasteiger partial charge in [0.25, 0.3) is 0 Å². The van der Waals surface area contributed by atoms with Crippen molar-refractivity contribution in [2.24, 2.45) is 7.05 Å². The van der Waals surface area contributed by atoms with Gasteiger partial charge in [-0.3, -0.25) is 0 Å². The number of ether oxygens (including phenoxy) is 1. The predicted molar refractivity (Wildman–Crippen MR) is 77.4 cm³/mol. The minimum absolute atomic E-state index is 0.853. The Balaban J connectivity index is 2.22. The maximum atomic E-state index is 5.27. The van der Waals surface area contributed by atoms with Crippen molar-refractivity contribution in [3.63, 3.8) is 0 Å². The number of methoxy groups -OCH3 is 1. The van der Waals surface area contributed by atoms with Gasteiger partial charge in [0.05, 0.1) is 18.1 Å². The van der Waals surface area contributed by atoms with Crippen molar-refractivity contribution >= 4 is 11.0 Å². The van der Waals surface area contributed by atoms with E-state index in [1.807, 2.05) is 25.2 Å². The highest BCUT2D eigenvalue weighted by Crippen LogP contribution is 2.26. The van der Waals surface area contributed by atoms with Crippen molar-refractivity contribution < 1.29 is 4.74 Å². The molecule has 2 aromatic carbocycles. The van der Waals surface area contributed by atoms with Gasteiger partial charge in [0.1, 0.15) is 11.6 Å². The van der Waals surface area contributed by atoms with E-state index in [1.165, 1.54) is 5.56 Å². The Morgan fingerprint density at radius 2 is 1.95 bits per heavy atom. The summed E-state index contributed by atoms with van der Waals surface area (Å²) in [5.74, 6) is 1.83. The molecule has 1 heterocycles. The fourth-order valence-corrected chi connectivity index (χ4v) is 2.34. The second-order valence-corrected chi connectivity index (χ2v) is 4.72. The Morgan fingerprint density at radius 3 is 2.68 bits per heavy atom. The highest BCUT2D eigenvalue weighted by Gasteiger charge is 2.10. The maximum absolute atomic E-state index is 5.27. The zero-order valence-corrected chi connectivity index (χ0v) is 11.3. The topological polar surface area (TPSA) is 27.1 Å². The van der Waals surface area contributed by atoms with Gasteiger partial charge < -0.3 is 9.30 Å². The van der Waals surface area contributed by atoms with Gasteiger partial charge in [-0.05, 0) is 25.1 Å². The van der Waals surface area contributed by atoms with Crippen LogP contribution in [-0.4, -0.2) is 16.7 Å². The first kappa shape index (κ1) is 11.8. The standard InChI is InChI=1S/C16H16N2O/c1-11-5-4-6-12(9-11)16-17-14-8-7-13(19-3)10-15(14)18(16)2/h4-10H,1-3H3. The zero-order valence-electron chi connectivity index (χ0n) is 11.3. The van der Waals surface area contributed by atoms with E-state index in [4.69, 9.17) is 9.72 Å². The first-order valence-electron chi connectivity index (χ1n) is 6.26. The molecule has 0 amide bonds. The summed E-state index contributed by atoms with van der Waals surface area (Å²) in [6, 6.07) is 14.3. The first-order chi connectivity index (χ1) is 9.19. The minimum Gasteiger partial charge on any atom is -0.497 e. The molecular formula is C16H16N2O. The van der Waals surface area contributed by atoms with E-state index in [1.54, 1.807) is 7.11 Å². The number of aryl methyl sites for hydroxylation is 2. The number of rotatable bonds is 2. The molecule has 0 aliphatic heterocycles. The number of hydrogen-bond donors (Lipinski definition) is 0. The van der Waals surface area contributed by atoms with Gasteiger partial charge in [-0.15, -0.1) is 0 Å². The summed E-state index contributed by atoms with van der Waals surface area (Å²) < 4.78 is 7.37. The number of hydrogen-bond acceptors (Lipinski definition) is 2. The van der Waals surface area contributed by atoms with Gasteiger partial charge in [0, 0.05) is 18.7 Å². The van der Waals surface area contributed by atoms with Gasteiger partial charge in [-0.2, -0.15) is 0 Å². The molecule has 3 heteroatoms. The second kappa shape index (κ2) is 4.43. The Labute approximate surface area is 112 Å². The number of benzene rings is 2. The number of fused-ring (bicyclic) bond motifs is 1. The van der Waals surface area contributed by atoms with Crippen LogP contribution in [0.25, 0.3) is 22.4 Å². The van der Waals surface area contributed by atoms with Crippen molar-refractivity contribution in [1.82, 2.24) is 9.55 Å². The Kier molecular flexibility index (Phi) is 2.75. The summed E-state index contributed by atoms with van der Waals surface area (Å²) in [5, 5.41) is 0. The van der Waals surface area contributed by atoms with Crippen molar-refractivity contribution in [2.45, 2.75) is 6.92 Å². The Bertz CT molecular complexity index is 744. The normalized spacial score (nSPS) is 10.9. The van der Waals surface area contributed by atoms with Gasteiger partial charge in [0.2, 0.25) is 0 Å². The molecule has 0 aliphatic carbocycles. The lowest BCUT2D eigenvalue weighted by Crippen LogP contribution is -1.93. The molecule has 0 aliphatic rings. The lowest BCUT2D eigenvalue weighted by molar-refractivity contribution is 0.415. The molecule has 96 valence electrons. The molecule has 3 nitrogen and oxygen atoms in total. The van der Waals surface area contributed by atoms with Crippen LogP contribution < -0.4 is 4.74 Å². The molecule has 0 atom stereocenters. The van der Waals surface area contributed by atoms with E-state index in [2.05, 4.69) is 35.8 Å². The highest BCUT2D eigenvalue weighted by molar-refractivity contribution is 5.82. The highest BCUT2D eigenvalue weighted by atomic mass is 16.5. The third kappa shape index (κ3) is 1.97. The van der Waals surface area contributed by atoms with Crippen molar-refractivity contribution in [2.75, 3.05) is 7.11 Å². The molecule has 0 spiro atoms. The third-order valence-electron chi connectivity index (χ3n) is 3.36. The number of aromatic nitrogens is 2. The van der Waals surface area contributed by atoms with Crippen molar-refractivity contribution in [1.29, 1.82) is 0 Å². The summed E-state index contributed by atoms with van der Waals surface area (Å²) >= 11 is 0. The Hall–Kier alpha value is -2.29. The second-order valence-electron chi connectivity index (χ2n) is 4.72. The molecular weight excluding hydrogens is 236 g/mol. The van der Waals surface area contributed by atoms with E-state index in [-0.39, 0.29) is 0 Å². The molecule has 3 aromatic rings. The van der Waals surface area contributed by atoms with Crippen molar-refractivity contribution in [3.05, 3.63) is 48.0 Å². The number of imidazole rings is 1. The summed E-state index contributed by atoms with van der Waals surface area (Å²) in [4.78, 5) is 4.71. The maximum Gasteiger partial charge on any atom is 0.140 e. The van der Waals surface area contributed by atoms with Crippen LogP contribution in [0.3, 0.4) is 0 Å². The lowest BCUT2D eigenvalue weighted by Gasteiger charge is -2.04. The van der Waals surface area contributed by atoms with Gasteiger partial charge in [-0.1, -0.05) is 23.8 Å². The molecule has 0 fully saturated rings. The minimum atomic E-state index is 0.853. The molecule has 19 heavy (non-hydrogen) atoms. The van der Waals surface area contributed by atoms with E-state index in [9.17, 15) is 0 Å². The van der Waals surface area contributed by atoms with Crippen LogP contribution in [0.1, 0.15) is 5.56 Å². The van der Waals surface area contributed by atoms with Crippen LogP contribution in [0.15, 0.2) is 42.5 Å². The van der Waals surface area contributed by atoms with Crippen LogP contribution in [0.5, 0.6) is 5.75 Å². The van der Waals surface area contributed by atoms with E-state index >= 15 is 0 Å². The molecule has 0 saturated heterocycles. The lowest BCUT2D eigenvalue weighted by atomic mass is 10.1. The molecule has 0 N–H and O–H groups in total. The average Bonchev–Trinajstić information content (AvgIpc) is 2.76. The molecule has 0 saturated carbocycles. The van der Waals surface area contributed by atoms with E-state index < -0.39 is 0 Å². The quantitative estimate of drug-likeness (QED) is 0.697. The first-order valence-corrected chi connectivity index (χ1v) is 6.26. The summed E-state index contributed by atoms with van der Waals surface area (Å²) in [6.07, 6.45) is 0. The van der Waals surface area contributed by atoms with Gasteiger partial charge in [-0.25, -0.2) is 4.98 Å². The third-order valence-corrected chi connectivity index (χ3v) is 3.36. The van der Waals surface area contributed by atoms with Crippen molar-refractivity contribution in [3.8, 4) is 17.1 Å². The smallest absolute Gasteiger partial charge is 0.140 e. The van der Waals surface area contributed by atoms with Crippen LogP contribution >= 0.6 is 0 Å². The van der Waals surface area contributed by atoms with Crippen LogP contribution in [0.2, 0.25) is 0 Å². The van der Waals surface area contributed by atoms with Crippen LogP contribution in [0, 0.1) is 6.92 Å². The zero-order chi connectivity index (χ0) is 13.4. The molecule has 0 bridgehead atoms. The van der Waals surface area contributed by atoms with Crippen LogP contribution in [-0.2, 0) is 7.05 Å². The molecule has 0 radical (unpaired) electrons. The van der Waals surface area contributed by atoms with Crippen LogP contribution in [0.4, 0.5) is 0 Å². The van der Waals surface area contributed by atoms with E-state index in [0.29, 0.717) is 0 Å². The summed E-state index contributed by atoms with van der Waals surface area (Å²) in [6.45, 7) is 2.09. The molecule has 0 unspecified atom stereocenters. The predicted octanol–water partition coefficient (Wildman–Crippen LogP) is 3.56. The van der Waals surface area contributed by atoms with Gasteiger partial charge >= 0.3 is 0 Å². The summed E-state index contributed by atoms with van der Waals surface area (Å²) in [5.41, 5.74) is 4.44. The fraction of sp³-hybridized carbons (Fsp3) is 0.188. The SMILES string of the molecule is COc1ccc2nc(-c3cccc(C)c3)n(C)c2c1. The molecule has 1 aromatic heterocycles. The average molecular weight is 252 g/mol.